The summed E-state index contributed by atoms with van der Waals surface area (Å²) in [5.74, 6) is 0. The van der Waals surface area contributed by atoms with Gasteiger partial charge in [-0.25, -0.2) is 4.98 Å². The Morgan fingerprint density at radius 2 is 1.32 bits per heavy atom. The van der Waals surface area contributed by atoms with Gasteiger partial charge in [-0.2, -0.15) is 5.26 Å². The van der Waals surface area contributed by atoms with E-state index in [0.29, 0.717) is 5.56 Å². The zero-order chi connectivity index (χ0) is 29.0. The maximum Gasteiger partial charge on any atom is 0.0991 e. The highest BCUT2D eigenvalue weighted by molar-refractivity contribution is 6.13. The number of rotatable bonds is 1. The first kappa shape index (κ1) is 23.6. The summed E-state index contributed by atoms with van der Waals surface area (Å²) in [7, 11) is 0. The molecule has 1 unspecified atom stereocenters. The molecule has 1 spiro atoms. The number of benzene rings is 6. The average molecular weight is 558 g/mol. The van der Waals surface area contributed by atoms with Crippen LogP contribution in [0, 0.1) is 11.3 Å². The van der Waals surface area contributed by atoms with Gasteiger partial charge in [0, 0.05) is 10.8 Å². The second kappa shape index (κ2) is 8.31. The zero-order valence-corrected chi connectivity index (χ0v) is 23.6. The first-order valence-electron chi connectivity index (χ1n) is 15.0. The zero-order valence-electron chi connectivity index (χ0n) is 23.6. The highest BCUT2D eigenvalue weighted by Gasteiger charge is 2.50. The van der Waals surface area contributed by atoms with E-state index >= 15 is 0 Å². The van der Waals surface area contributed by atoms with Gasteiger partial charge in [-0.3, -0.25) is 0 Å². The van der Waals surface area contributed by atoms with Gasteiger partial charge in [0.25, 0.3) is 0 Å². The van der Waals surface area contributed by atoms with Gasteiger partial charge < -0.3 is 4.57 Å². The van der Waals surface area contributed by atoms with Crippen LogP contribution in [-0.2, 0) is 5.41 Å². The van der Waals surface area contributed by atoms with Crippen molar-refractivity contribution in [1.82, 2.24) is 9.55 Å². The summed E-state index contributed by atoms with van der Waals surface area (Å²) in [5.41, 5.74) is 15.7. The van der Waals surface area contributed by atoms with Gasteiger partial charge in [0.15, 0.2) is 0 Å². The Balaban J connectivity index is 1.38. The van der Waals surface area contributed by atoms with Crippen molar-refractivity contribution >= 4 is 32.8 Å². The lowest BCUT2D eigenvalue weighted by molar-refractivity contribution is 0.749. The van der Waals surface area contributed by atoms with Crippen LogP contribution in [0.5, 0.6) is 0 Å². The lowest BCUT2D eigenvalue weighted by Crippen LogP contribution is -2.33. The van der Waals surface area contributed by atoms with Gasteiger partial charge in [-0.05, 0) is 80.9 Å². The topological polar surface area (TPSA) is 41.6 Å². The monoisotopic (exact) mass is 557 g/mol. The SMILES string of the molecule is N#Cc1ccc(-c2ccc3c(c2)C2(c4ccccc4-3)c3ccccc3-n3c4cc5ccccc5nc4c4cccc2c43)cc1. The van der Waals surface area contributed by atoms with Crippen LogP contribution in [0.4, 0.5) is 0 Å². The second-order valence-corrected chi connectivity index (χ2v) is 11.8. The van der Waals surface area contributed by atoms with Gasteiger partial charge in [-0.1, -0.05) is 103 Å². The van der Waals surface area contributed by atoms with Crippen molar-refractivity contribution < 1.29 is 0 Å². The molecule has 0 saturated heterocycles. The summed E-state index contributed by atoms with van der Waals surface area (Å²) in [4.78, 5) is 5.24. The Hall–Kier alpha value is -5.98. The van der Waals surface area contributed by atoms with Gasteiger partial charge in [0.2, 0.25) is 0 Å². The molecule has 0 N–H and O–H groups in total. The molecule has 0 bridgehead atoms. The van der Waals surface area contributed by atoms with Gasteiger partial charge in [0.1, 0.15) is 0 Å². The molecule has 3 nitrogen and oxygen atoms in total. The Kier molecular flexibility index (Phi) is 4.45. The fourth-order valence-electron chi connectivity index (χ4n) is 8.03. The van der Waals surface area contributed by atoms with Crippen molar-refractivity contribution in [2.75, 3.05) is 0 Å². The minimum atomic E-state index is -0.506. The van der Waals surface area contributed by atoms with E-state index in [1.165, 1.54) is 50.0 Å². The number of pyridine rings is 1. The van der Waals surface area contributed by atoms with Crippen LogP contribution in [-0.4, -0.2) is 9.55 Å². The number of hydrogen-bond donors (Lipinski definition) is 0. The van der Waals surface area contributed by atoms with Crippen molar-refractivity contribution in [3.8, 4) is 34.0 Å². The maximum absolute atomic E-state index is 9.39. The Morgan fingerprint density at radius 1 is 0.591 bits per heavy atom. The van der Waals surface area contributed by atoms with Crippen molar-refractivity contribution in [1.29, 1.82) is 5.26 Å². The molecule has 1 aliphatic carbocycles. The largest absolute Gasteiger partial charge is 0.307 e. The third-order valence-electron chi connectivity index (χ3n) is 9.80. The van der Waals surface area contributed by atoms with E-state index in [4.69, 9.17) is 4.98 Å². The van der Waals surface area contributed by atoms with Crippen LogP contribution in [0.15, 0.2) is 140 Å². The molecule has 10 rings (SSSR count). The van der Waals surface area contributed by atoms with Crippen LogP contribution < -0.4 is 0 Å². The lowest BCUT2D eigenvalue weighted by atomic mass is 9.65. The van der Waals surface area contributed by atoms with E-state index in [0.717, 1.165) is 33.1 Å². The molecular weight excluding hydrogens is 534 g/mol. The van der Waals surface area contributed by atoms with E-state index in [2.05, 4.69) is 138 Å². The van der Waals surface area contributed by atoms with Crippen molar-refractivity contribution in [2.24, 2.45) is 0 Å². The van der Waals surface area contributed by atoms with Gasteiger partial charge >= 0.3 is 0 Å². The number of nitrogens with zero attached hydrogens (tertiary/aromatic N) is 3. The molecule has 202 valence electrons. The van der Waals surface area contributed by atoms with E-state index in [-0.39, 0.29) is 0 Å². The molecule has 44 heavy (non-hydrogen) atoms. The van der Waals surface area contributed by atoms with Crippen LogP contribution >= 0.6 is 0 Å². The smallest absolute Gasteiger partial charge is 0.0991 e. The Morgan fingerprint density at radius 3 is 2.20 bits per heavy atom. The quantitative estimate of drug-likeness (QED) is 0.202. The predicted molar refractivity (Wildman–Crippen MR) is 177 cm³/mol. The first-order valence-corrected chi connectivity index (χ1v) is 15.0. The molecule has 0 amide bonds. The molecule has 3 heterocycles. The summed E-state index contributed by atoms with van der Waals surface area (Å²) in [6, 6.07) is 52.4. The predicted octanol–water partition coefficient (Wildman–Crippen LogP) is 9.55. The molecule has 6 aromatic carbocycles. The van der Waals surface area contributed by atoms with Crippen molar-refractivity contribution in [3.05, 3.63) is 167 Å². The molecular formula is C41H23N3. The van der Waals surface area contributed by atoms with Crippen molar-refractivity contribution in [3.63, 3.8) is 0 Å². The standard InChI is InChI=1S/C41H23N3/c42-24-25-16-18-26(19-17-25)27-20-21-30-29-9-2-3-11-32(29)41(35(30)22-27)33-12-4-6-15-37(33)44-38-23-28-8-1-5-14-36(28)43-39(38)31-10-7-13-34(41)40(31)44/h1-23H. The minimum absolute atomic E-state index is 0.506. The van der Waals surface area contributed by atoms with E-state index < -0.39 is 5.41 Å². The summed E-state index contributed by atoms with van der Waals surface area (Å²) < 4.78 is 2.45. The van der Waals surface area contributed by atoms with E-state index in [1.807, 2.05) is 12.1 Å². The first-order chi connectivity index (χ1) is 21.8. The minimum Gasteiger partial charge on any atom is -0.307 e. The Bertz CT molecular complexity index is 2560. The summed E-state index contributed by atoms with van der Waals surface area (Å²) in [6.07, 6.45) is 0. The number of para-hydroxylation sites is 3. The summed E-state index contributed by atoms with van der Waals surface area (Å²) >= 11 is 0. The third kappa shape index (κ3) is 2.78. The van der Waals surface area contributed by atoms with Crippen LogP contribution in [0.1, 0.15) is 27.8 Å². The molecule has 1 atom stereocenters. The molecule has 0 saturated carbocycles. The number of hydrogen-bond acceptors (Lipinski definition) is 2. The molecule has 0 fully saturated rings. The van der Waals surface area contributed by atoms with Crippen LogP contribution in [0.2, 0.25) is 0 Å². The fourth-order valence-corrected chi connectivity index (χ4v) is 8.03. The molecule has 8 aromatic rings. The fraction of sp³-hybridized carbons (Fsp3) is 0.0244. The molecule has 2 aromatic heterocycles. The van der Waals surface area contributed by atoms with Crippen LogP contribution in [0.25, 0.3) is 60.8 Å². The maximum atomic E-state index is 9.39. The highest BCUT2D eigenvalue weighted by atomic mass is 15.0. The number of nitriles is 1. The third-order valence-corrected chi connectivity index (χ3v) is 9.80. The highest BCUT2D eigenvalue weighted by Crippen LogP contribution is 2.61. The van der Waals surface area contributed by atoms with E-state index in [9.17, 15) is 5.26 Å². The van der Waals surface area contributed by atoms with Gasteiger partial charge in [0.05, 0.1) is 44.8 Å². The Labute approximate surface area is 253 Å². The normalized spacial score (nSPS) is 15.8. The van der Waals surface area contributed by atoms with Crippen LogP contribution in [0.3, 0.4) is 0 Å². The second-order valence-electron chi connectivity index (χ2n) is 11.8. The van der Waals surface area contributed by atoms with Crippen molar-refractivity contribution in [2.45, 2.75) is 5.41 Å². The molecule has 1 aliphatic heterocycles. The summed E-state index contributed by atoms with van der Waals surface area (Å²) in [5, 5.41) is 11.7. The van der Waals surface area contributed by atoms with Gasteiger partial charge in [-0.15, -0.1) is 0 Å². The molecule has 2 aliphatic rings. The molecule has 3 heteroatoms. The molecule has 0 radical (unpaired) electrons. The van der Waals surface area contributed by atoms with E-state index in [1.54, 1.807) is 0 Å². The average Bonchev–Trinajstić information content (AvgIpc) is 3.57. The number of aromatic nitrogens is 2. The summed E-state index contributed by atoms with van der Waals surface area (Å²) in [6.45, 7) is 0. The number of fused-ring (bicyclic) bond motifs is 13. The lowest BCUT2D eigenvalue weighted by Gasteiger charge is -2.39.